The Hall–Kier alpha value is -2.25. The summed E-state index contributed by atoms with van der Waals surface area (Å²) in [6, 6.07) is 3.97. The molecule has 8 heteroatoms. The summed E-state index contributed by atoms with van der Waals surface area (Å²) in [4.78, 5) is 33.1. The first-order valence-corrected chi connectivity index (χ1v) is 8.78. The highest BCUT2D eigenvalue weighted by molar-refractivity contribution is 7.18. The Labute approximate surface area is 151 Å². The van der Waals surface area contributed by atoms with Crippen molar-refractivity contribution in [1.82, 2.24) is 9.97 Å². The average Bonchev–Trinajstić information content (AvgIpc) is 2.84. The lowest BCUT2D eigenvalue weighted by Crippen LogP contribution is -2.16. The zero-order valence-electron chi connectivity index (χ0n) is 13.6. The Morgan fingerprint density at radius 3 is 2.88 bits per heavy atom. The molecule has 0 fully saturated rings. The summed E-state index contributed by atoms with van der Waals surface area (Å²) in [6.45, 7) is 3.84. The number of H-pyrrole nitrogens is 1. The number of aromatic nitrogens is 2. The van der Waals surface area contributed by atoms with Gasteiger partial charge in [-0.15, -0.1) is 11.3 Å². The minimum atomic E-state index is -0.545. The lowest BCUT2D eigenvalue weighted by Gasteiger charge is -2.06. The van der Waals surface area contributed by atoms with E-state index in [-0.39, 0.29) is 22.9 Å². The predicted octanol–water partition coefficient (Wildman–Crippen LogP) is 3.97. The van der Waals surface area contributed by atoms with Gasteiger partial charge in [-0.2, -0.15) is 0 Å². The van der Waals surface area contributed by atoms with Crippen molar-refractivity contribution in [2.75, 3.05) is 5.32 Å². The number of carbonyl (C=O) groups excluding carboxylic acids is 1. The first kappa shape index (κ1) is 17.6. The molecule has 2 N–H and O–H groups in total. The molecule has 3 aromatic rings. The molecule has 0 aliphatic carbocycles. The second kappa shape index (κ2) is 6.93. The summed E-state index contributed by atoms with van der Waals surface area (Å²) in [7, 11) is 0. The second-order valence-electron chi connectivity index (χ2n) is 5.65. The van der Waals surface area contributed by atoms with Crippen LogP contribution < -0.4 is 10.9 Å². The van der Waals surface area contributed by atoms with Gasteiger partial charge in [-0.25, -0.2) is 9.37 Å². The fourth-order valence-electron chi connectivity index (χ4n) is 2.45. The highest BCUT2D eigenvalue weighted by atomic mass is 35.5. The van der Waals surface area contributed by atoms with Gasteiger partial charge in [0, 0.05) is 23.4 Å². The van der Waals surface area contributed by atoms with Crippen molar-refractivity contribution in [3.05, 3.63) is 55.7 Å². The summed E-state index contributed by atoms with van der Waals surface area (Å²) < 4.78 is 13.1. The van der Waals surface area contributed by atoms with Crippen LogP contribution in [0.5, 0.6) is 0 Å². The molecule has 2 aromatic heterocycles. The van der Waals surface area contributed by atoms with Gasteiger partial charge < -0.3 is 10.3 Å². The van der Waals surface area contributed by atoms with E-state index in [2.05, 4.69) is 15.3 Å². The van der Waals surface area contributed by atoms with Crippen LogP contribution in [0.15, 0.2) is 23.0 Å². The molecule has 3 rings (SSSR count). The molecule has 25 heavy (non-hydrogen) atoms. The fraction of sp³-hybridized carbons (Fsp3) is 0.235. The molecule has 0 radical (unpaired) electrons. The normalized spacial score (nSPS) is 11.0. The Bertz CT molecular complexity index is 1030. The Morgan fingerprint density at radius 2 is 2.16 bits per heavy atom. The number of aryl methyl sites for hydroxylation is 3. The molecule has 0 aliphatic heterocycles. The van der Waals surface area contributed by atoms with E-state index in [1.54, 1.807) is 0 Å². The number of carbonyl (C=O) groups is 1. The molecule has 1 aromatic carbocycles. The molecule has 1 amide bonds. The zero-order chi connectivity index (χ0) is 18.1. The van der Waals surface area contributed by atoms with Crippen molar-refractivity contribution in [3.63, 3.8) is 0 Å². The number of thiophene rings is 1. The quantitative estimate of drug-likeness (QED) is 0.720. The minimum Gasteiger partial charge on any atom is -0.326 e. The van der Waals surface area contributed by atoms with Crippen LogP contribution in [-0.4, -0.2) is 15.9 Å². The van der Waals surface area contributed by atoms with Crippen LogP contribution in [0.1, 0.15) is 22.7 Å². The molecule has 5 nitrogen and oxygen atoms in total. The Kier molecular flexibility index (Phi) is 4.87. The molecule has 0 unspecified atom stereocenters. The van der Waals surface area contributed by atoms with Crippen molar-refractivity contribution in [3.8, 4) is 0 Å². The number of aromatic amines is 1. The molecule has 0 aliphatic rings. The third-order valence-corrected chi connectivity index (χ3v) is 5.27. The van der Waals surface area contributed by atoms with Gasteiger partial charge in [0.15, 0.2) is 0 Å². The first-order chi connectivity index (χ1) is 11.8. The van der Waals surface area contributed by atoms with E-state index in [1.165, 1.54) is 29.5 Å². The summed E-state index contributed by atoms with van der Waals surface area (Å²) in [5.74, 6) is -0.355. The van der Waals surface area contributed by atoms with Crippen molar-refractivity contribution in [2.24, 2.45) is 0 Å². The number of nitrogens with zero attached hydrogens (tertiary/aromatic N) is 1. The molecule has 0 atom stereocenters. The largest absolute Gasteiger partial charge is 0.326 e. The van der Waals surface area contributed by atoms with Crippen LogP contribution in [0.3, 0.4) is 0 Å². The monoisotopic (exact) mass is 379 g/mol. The standard InChI is InChI=1S/C17H15ClFN3O2S/c1-8-9(2)25-17-15(8)16(24)21-13(22-17)5-6-14(23)20-10-3-4-12(19)11(18)7-10/h3-4,7H,5-6H2,1-2H3,(H,20,23)(H,21,22,24). The van der Waals surface area contributed by atoms with Gasteiger partial charge in [0.25, 0.3) is 5.56 Å². The van der Waals surface area contributed by atoms with Crippen molar-refractivity contribution < 1.29 is 9.18 Å². The number of halogens is 2. The lowest BCUT2D eigenvalue weighted by atomic mass is 10.2. The SMILES string of the molecule is Cc1sc2nc(CCC(=O)Nc3ccc(F)c(Cl)c3)[nH]c(=O)c2c1C. The predicted molar refractivity (Wildman–Crippen MR) is 98.1 cm³/mol. The van der Waals surface area contributed by atoms with Crippen LogP contribution in [0, 0.1) is 19.7 Å². The van der Waals surface area contributed by atoms with E-state index in [9.17, 15) is 14.0 Å². The van der Waals surface area contributed by atoms with Crippen molar-refractivity contribution in [1.29, 1.82) is 0 Å². The number of amides is 1. The Morgan fingerprint density at radius 1 is 1.40 bits per heavy atom. The smallest absolute Gasteiger partial charge is 0.259 e. The van der Waals surface area contributed by atoms with Crippen LogP contribution in [0.2, 0.25) is 5.02 Å². The van der Waals surface area contributed by atoms with Gasteiger partial charge in [0.05, 0.1) is 10.4 Å². The van der Waals surface area contributed by atoms with Gasteiger partial charge in [-0.1, -0.05) is 11.6 Å². The molecular formula is C17H15ClFN3O2S. The highest BCUT2D eigenvalue weighted by Gasteiger charge is 2.13. The summed E-state index contributed by atoms with van der Waals surface area (Å²) >= 11 is 7.15. The molecule has 0 spiro atoms. The highest BCUT2D eigenvalue weighted by Crippen LogP contribution is 2.25. The van der Waals surface area contributed by atoms with Gasteiger partial charge in [-0.3, -0.25) is 9.59 Å². The lowest BCUT2D eigenvalue weighted by molar-refractivity contribution is -0.116. The van der Waals surface area contributed by atoms with Crippen molar-refractivity contribution >= 4 is 44.7 Å². The van der Waals surface area contributed by atoms with Crippen molar-refractivity contribution in [2.45, 2.75) is 26.7 Å². The molecular weight excluding hydrogens is 365 g/mol. The summed E-state index contributed by atoms with van der Waals surface area (Å²) in [6.07, 6.45) is 0.425. The average molecular weight is 380 g/mol. The first-order valence-electron chi connectivity index (χ1n) is 7.59. The van der Waals surface area contributed by atoms with Gasteiger partial charge in [-0.05, 0) is 37.6 Å². The Balaban J connectivity index is 1.70. The van der Waals surface area contributed by atoms with E-state index < -0.39 is 5.82 Å². The maximum absolute atomic E-state index is 13.1. The van der Waals surface area contributed by atoms with E-state index in [0.717, 1.165) is 10.4 Å². The van der Waals surface area contributed by atoms with E-state index in [4.69, 9.17) is 11.6 Å². The van der Waals surface area contributed by atoms with Gasteiger partial charge >= 0.3 is 0 Å². The van der Waals surface area contributed by atoms with Gasteiger partial charge in [0.2, 0.25) is 5.91 Å². The zero-order valence-corrected chi connectivity index (χ0v) is 15.1. The fourth-order valence-corrected chi connectivity index (χ4v) is 3.68. The maximum Gasteiger partial charge on any atom is 0.259 e. The molecule has 0 saturated carbocycles. The van der Waals surface area contributed by atoms with E-state index >= 15 is 0 Å². The van der Waals surface area contributed by atoms with E-state index in [0.29, 0.717) is 28.1 Å². The third-order valence-electron chi connectivity index (χ3n) is 3.88. The number of anilines is 1. The number of hydrogen-bond donors (Lipinski definition) is 2. The molecule has 2 heterocycles. The van der Waals surface area contributed by atoms with Crippen LogP contribution in [0.4, 0.5) is 10.1 Å². The molecule has 0 bridgehead atoms. The molecule has 0 saturated heterocycles. The topological polar surface area (TPSA) is 74.8 Å². The maximum atomic E-state index is 13.1. The summed E-state index contributed by atoms with van der Waals surface area (Å²) in [5, 5.41) is 3.19. The summed E-state index contributed by atoms with van der Waals surface area (Å²) in [5.41, 5.74) is 1.16. The number of rotatable bonds is 4. The number of fused-ring (bicyclic) bond motifs is 1. The molecule has 130 valence electrons. The minimum absolute atomic E-state index is 0.0577. The number of hydrogen-bond acceptors (Lipinski definition) is 4. The van der Waals surface area contributed by atoms with E-state index in [1.807, 2.05) is 13.8 Å². The van der Waals surface area contributed by atoms with Gasteiger partial charge in [0.1, 0.15) is 16.5 Å². The van der Waals surface area contributed by atoms with Crippen LogP contribution >= 0.6 is 22.9 Å². The third kappa shape index (κ3) is 3.72. The van der Waals surface area contributed by atoms with Crippen LogP contribution in [-0.2, 0) is 11.2 Å². The van der Waals surface area contributed by atoms with Crippen LogP contribution in [0.25, 0.3) is 10.2 Å². The number of nitrogens with one attached hydrogen (secondary N) is 2. The second-order valence-corrected chi connectivity index (χ2v) is 7.26. The number of benzene rings is 1.